The first-order valence-corrected chi connectivity index (χ1v) is 7.27. The van der Waals surface area contributed by atoms with E-state index in [1.54, 1.807) is 6.92 Å². The average Bonchev–Trinajstić information content (AvgIpc) is 2.31. The third-order valence-electron chi connectivity index (χ3n) is 2.80. The molecule has 0 amide bonds. The van der Waals surface area contributed by atoms with Crippen molar-refractivity contribution in [2.24, 2.45) is 0 Å². The van der Waals surface area contributed by atoms with Gasteiger partial charge in [0.15, 0.2) is 0 Å². The van der Waals surface area contributed by atoms with Gasteiger partial charge in [0.2, 0.25) is 0 Å². The molecule has 0 saturated carbocycles. The third-order valence-corrected chi connectivity index (χ3v) is 2.80. The van der Waals surface area contributed by atoms with Crippen molar-refractivity contribution >= 4 is 0 Å². The molecule has 0 aromatic rings. The molecule has 0 bridgehead atoms. The van der Waals surface area contributed by atoms with E-state index in [0.29, 0.717) is 5.54 Å². The Bertz CT molecular complexity index is 168. The van der Waals surface area contributed by atoms with Gasteiger partial charge in [-0.1, -0.05) is 44.1 Å². The zero-order valence-electron chi connectivity index (χ0n) is 15.2. The number of nitrogens with zero attached hydrogens (tertiary/aromatic N) is 2. The quantitative estimate of drug-likeness (QED) is 0.559. The maximum atomic E-state index is 7.57. The molecule has 1 radical (unpaired) electrons. The van der Waals surface area contributed by atoms with E-state index in [2.05, 4.69) is 51.7 Å². The Hall–Kier alpha value is 0.424. The van der Waals surface area contributed by atoms with Crippen LogP contribution in [-0.4, -0.2) is 68.1 Å². The molecular formula is C20H58N2O2V. The molecule has 5 heteroatoms. The van der Waals surface area contributed by atoms with Gasteiger partial charge in [0.25, 0.3) is 0 Å². The third kappa shape index (κ3) is 51.6. The average molecular weight is 410 g/mol. The van der Waals surface area contributed by atoms with Gasteiger partial charge >= 0.3 is 0 Å². The molecule has 4 nitrogen and oxygen atoms in total. The molecule has 0 atom stereocenters. The Morgan fingerprint density at radius 1 is 0.800 bits per heavy atom. The van der Waals surface area contributed by atoms with Crippen LogP contribution in [0, 0.1) is 0 Å². The van der Waals surface area contributed by atoms with Gasteiger partial charge in [-0.2, -0.15) is 0 Å². The van der Waals surface area contributed by atoms with Crippen LogP contribution in [0.4, 0.5) is 0 Å². The molecule has 0 rings (SSSR count). The van der Waals surface area contributed by atoms with Crippen LogP contribution in [0.15, 0.2) is 0 Å². The van der Waals surface area contributed by atoms with E-state index in [9.17, 15) is 0 Å². The maximum absolute atomic E-state index is 7.57. The molecule has 0 spiro atoms. The number of aliphatic hydroxyl groups is 1. The van der Waals surface area contributed by atoms with Gasteiger partial charge in [0.05, 0.1) is 6.67 Å². The monoisotopic (exact) mass is 409 g/mol. The van der Waals surface area contributed by atoms with Crippen LogP contribution in [0.25, 0.3) is 0 Å². The zero-order chi connectivity index (χ0) is 15.9. The molecule has 0 unspecified atom stereocenters. The predicted octanol–water partition coefficient (Wildman–Crippen LogP) is 5.85. The van der Waals surface area contributed by atoms with Crippen LogP contribution >= 0.6 is 0 Å². The molecule has 25 heavy (non-hydrogen) atoms. The fourth-order valence-corrected chi connectivity index (χ4v) is 1.09. The molecule has 0 aliphatic heterocycles. The Kier molecular flexibility index (Phi) is 88.8. The number of aliphatic hydroxyl groups excluding tert-OH is 1. The number of hydrogen-bond acceptors (Lipinski definition) is 4. The molecule has 0 aliphatic rings. The van der Waals surface area contributed by atoms with Crippen molar-refractivity contribution in [2.45, 2.75) is 90.6 Å². The number of rotatable bonds is 6. The van der Waals surface area contributed by atoms with Crippen molar-refractivity contribution < 1.29 is 28.4 Å². The van der Waals surface area contributed by atoms with Crippen molar-refractivity contribution in [2.75, 3.05) is 47.6 Å². The second kappa shape index (κ2) is 39.5. The van der Waals surface area contributed by atoms with E-state index in [-0.39, 0.29) is 62.3 Å². The predicted molar refractivity (Wildman–Crippen MR) is 119 cm³/mol. The van der Waals surface area contributed by atoms with Crippen molar-refractivity contribution in [1.82, 2.24) is 9.80 Å². The second-order valence-electron chi connectivity index (χ2n) is 5.18. The fraction of sp³-hybridized carbons (Fsp3) is 1.00. The van der Waals surface area contributed by atoms with Gasteiger partial charge in [0.1, 0.15) is 0 Å². The van der Waals surface area contributed by atoms with E-state index in [4.69, 9.17) is 9.84 Å². The summed E-state index contributed by atoms with van der Waals surface area (Å²) in [7, 11) is 6.37. The van der Waals surface area contributed by atoms with Crippen LogP contribution in [-0.2, 0) is 23.3 Å². The largest absolute Gasteiger partial charge is 0.397 e. The van der Waals surface area contributed by atoms with Crippen molar-refractivity contribution in [3.8, 4) is 0 Å². The normalized spacial score (nSPS) is 8.16. The van der Waals surface area contributed by atoms with Gasteiger partial charge in [-0.05, 0) is 62.2 Å². The Morgan fingerprint density at radius 3 is 1.20 bits per heavy atom. The summed E-state index contributed by atoms with van der Waals surface area (Å²) in [4.78, 5) is 4.56. The van der Waals surface area contributed by atoms with Gasteiger partial charge in [-0.3, -0.25) is 9.80 Å². The Labute approximate surface area is 176 Å². The minimum Gasteiger partial charge on any atom is -0.397 e. The summed E-state index contributed by atoms with van der Waals surface area (Å²) in [6, 6.07) is 0. The maximum Gasteiger partial charge on any atom is 0.0502 e. The van der Waals surface area contributed by atoms with Crippen LogP contribution in [0.2, 0.25) is 0 Å². The van der Waals surface area contributed by atoms with E-state index in [0.717, 1.165) is 19.9 Å². The van der Waals surface area contributed by atoms with Crippen LogP contribution in [0.1, 0.15) is 85.1 Å². The first kappa shape index (κ1) is 56.2. The summed E-state index contributed by atoms with van der Waals surface area (Å²) in [5, 5.41) is 7.57. The summed E-state index contributed by atoms with van der Waals surface area (Å²) in [6.07, 6.45) is 1.19. The van der Waals surface area contributed by atoms with Crippen molar-refractivity contribution in [1.29, 1.82) is 0 Å². The molecule has 0 aromatic heterocycles. The summed E-state index contributed by atoms with van der Waals surface area (Å²) in [5.74, 6) is 0. The molecule has 0 aromatic carbocycles. The molecule has 165 valence electrons. The van der Waals surface area contributed by atoms with Gasteiger partial charge in [-0.15, -0.1) is 0 Å². The van der Waals surface area contributed by atoms with Crippen molar-refractivity contribution in [3.63, 3.8) is 0 Å². The Balaban J connectivity index is -0.0000000230. The van der Waals surface area contributed by atoms with E-state index < -0.39 is 0 Å². The molecule has 0 fully saturated rings. The minimum atomic E-state index is 0. The van der Waals surface area contributed by atoms with Crippen LogP contribution in [0.3, 0.4) is 0 Å². The first-order valence-electron chi connectivity index (χ1n) is 7.27. The van der Waals surface area contributed by atoms with E-state index in [1.165, 1.54) is 6.42 Å². The Morgan fingerprint density at radius 2 is 1.08 bits per heavy atom. The summed E-state index contributed by atoms with van der Waals surface area (Å²) < 4.78 is 4.83. The standard InChI is InChI=1S/C9H22N2.C4H10O.C2H6O.5CH4.V/c1-7-9(2,3)11(6)8-10(4)5;1-3-5-4-2;1-2-3;;;;;;/h7-8H2,1-6H3;3-4H2,1-2H3;3H,2H2,1H3;5*1H4;. The SMILES string of the molecule is C.C.C.C.C.CCC(C)(C)N(C)CN(C)C.CCO.CCOCC.[V]. The smallest absolute Gasteiger partial charge is 0.0502 e. The number of ether oxygens (including phenoxy) is 1. The fourth-order valence-electron chi connectivity index (χ4n) is 1.09. The summed E-state index contributed by atoms with van der Waals surface area (Å²) in [6.45, 7) is 15.4. The minimum absolute atomic E-state index is 0. The molecule has 0 aliphatic carbocycles. The molecule has 0 heterocycles. The van der Waals surface area contributed by atoms with E-state index >= 15 is 0 Å². The molecule has 1 N–H and O–H groups in total. The van der Waals surface area contributed by atoms with Gasteiger partial charge in [-0.25, -0.2) is 0 Å². The molecular weight excluding hydrogens is 351 g/mol. The van der Waals surface area contributed by atoms with E-state index in [1.807, 2.05) is 13.8 Å². The first-order chi connectivity index (χ1) is 8.73. The van der Waals surface area contributed by atoms with Gasteiger partial charge in [0, 0.05) is 43.9 Å². The summed E-state index contributed by atoms with van der Waals surface area (Å²) >= 11 is 0. The second-order valence-corrected chi connectivity index (χ2v) is 5.18. The van der Waals surface area contributed by atoms with Crippen LogP contribution in [0.5, 0.6) is 0 Å². The molecule has 0 saturated heterocycles. The number of hydrogen-bond donors (Lipinski definition) is 1. The van der Waals surface area contributed by atoms with Crippen LogP contribution < -0.4 is 0 Å². The zero-order valence-corrected chi connectivity index (χ0v) is 16.6. The topological polar surface area (TPSA) is 35.9 Å². The van der Waals surface area contributed by atoms with Crippen molar-refractivity contribution in [3.05, 3.63) is 0 Å². The van der Waals surface area contributed by atoms with Gasteiger partial charge < -0.3 is 9.84 Å². The summed E-state index contributed by atoms with van der Waals surface area (Å²) in [5.41, 5.74) is 0.324.